The normalized spacial score (nSPS) is 40.7. The third kappa shape index (κ3) is 49.5. The van der Waals surface area contributed by atoms with Crippen LogP contribution in [0.4, 0.5) is 0 Å². The topological polar surface area (TPSA) is 0 Å². The van der Waals surface area contributed by atoms with Crippen LogP contribution in [0.5, 0.6) is 0 Å². The lowest BCUT2D eigenvalue weighted by Crippen LogP contribution is -2.41. The minimum absolute atomic E-state index is 0.348. The monoisotopic (exact) mass is 1970 g/mol. The molecule has 0 N–H and O–H groups in total. The lowest BCUT2D eigenvalue weighted by molar-refractivity contribution is 0.188. The van der Waals surface area contributed by atoms with Crippen molar-refractivity contribution in [3.8, 4) is 0 Å². The number of thiol groups is 17. The van der Waals surface area contributed by atoms with Gasteiger partial charge in [-0.05, 0) is 258 Å². The molecule has 0 saturated heterocycles. The fourth-order valence-corrected chi connectivity index (χ4v) is 27.8. The third-order valence-corrected chi connectivity index (χ3v) is 45.8. The van der Waals surface area contributed by atoms with Crippen LogP contribution in [0.25, 0.3) is 0 Å². The molecule has 0 heterocycles. The fraction of sp³-hybridized carbons (Fsp3) is 1.00. The van der Waals surface area contributed by atoms with Gasteiger partial charge in [-0.15, -0.1) is 0 Å². The van der Waals surface area contributed by atoms with Crippen LogP contribution in [0.15, 0.2) is 0 Å². The highest BCUT2D eigenvalue weighted by Gasteiger charge is 2.39. The maximum Gasteiger partial charge on any atom is 0.0255 e. The van der Waals surface area contributed by atoms with Crippen molar-refractivity contribution in [3.05, 3.63) is 0 Å². The van der Waals surface area contributed by atoms with Gasteiger partial charge in [-0.3, -0.25) is 0 Å². The standard InChI is InChI=1S/C17H32.C15H28S2.C13H28S2.C10H20S.2C8H16S3.2C8H16S2.C8H16S.C7H16S/c1-3-14-5-9-16(10-6-14)13-17-11-7-15(4-2)8-12-17;1-10-3-5-12(8-14(10)16)7-13-6-4-11(2)15(17)9-13;1-5-10(2)13(15)9-7-6-8-11(3)12(4)14;1-3-8-5-6-9(4-2)10(11)7-8;1-4-6(9)3-7(10)5(2)8(4)11;1-4-3-5(2)7(10)8(11)6(4)9;1-5-3-6(2)8(10)4-7(5)9;1-5-3-4-7(9)6(2)8(5)10;1-6-4-3-5-7(2)8(6)9;1-5(2)7(8)6(3)4/h14-17H,3-13H2,1-2H3;10-17H,3-9H2,1-2H3;10-15H,5-9H2,1-4H3;8-11H,3-7H2,1-2H3;2*4-11H,3H2,1-2H3;2*5-10H,3-4H2,1-2H3;6-9H,3-5H2,1-2H3;5-8H,1-4H3. The summed E-state index contributed by atoms with van der Waals surface area (Å²) in [6.45, 7) is 54.6. The molecule has 0 spiro atoms. The first kappa shape index (κ1) is 123. The van der Waals surface area contributed by atoms with Crippen molar-refractivity contribution in [1.29, 1.82) is 0 Å². The molecule has 10 saturated carbocycles. The Hall–Kier alpha value is 5.95. The summed E-state index contributed by atoms with van der Waals surface area (Å²) >= 11 is 77.5. The third-order valence-electron chi connectivity index (χ3n) is 32.1. The maximum atomic E-state index is 4.75. The summed E-state index contributed by atoms with van der Waals surface area (Å²) in [6, 6.07) is 0. The minimum Gasteiger partial charge on any atom is -0.176 e. The van der Waals surface area contributed by atoms with Crippen molar-refractivity contribution in [1.82, 2.24) is 0 Å². The lowest BCUT2D eigenvalue weighted by Gasteiger charge is -2.39. The van der Waals surface area contributed by atoms with Gasteiger partial charge >= 0.3 is 0 Å². The predicted molar refractivity (Wildman–Crippen MR) is 608 cm³/mol. The zero-order valence-corrected chi connectivity index (χ0v) is 96.6. The molecule has 10 fully saturated rings. The Morgan fingerprint density at radius 2 is 0.597 bits per heavy atom. The minimum atomic E-state index is 0.348. The van der Waals surface area contributed by atoms with E-state index in [2.05, 4.69) is 356 Å². The molecule has 0 aromatic heterocycles. The van der Waals surface area contributed by atoms with Gasteiger partial charge in [0.15, 0.2) is 0 Å². The molecule has 0 aromatic carbocycles. The second-order valence-electron chi connectivity index (χ2n) is 42.9. The average Bonchev–Trinajstić information content (AvgIpc) is 0.815. The second-order valence-corrected chi connectivity index (χ2v) is 53.9. The van der Waals surface area contributed by atoms with Gasteiger partial charge < -0.3 is 0 Å². The molecule has 10 rings (SSSR count). The molecule has 10 aliphatic carbocycles. The summed E-state index contributed by atoms with van der Waals surface area (Å²) in [5.41, 5.74) is 0. The summed E-state index contributed by atoms with van der Waals surface area (Å²) in [7, 11) is 0. The molecule has 0 bridgehead atoms. The first-order chi connectivity index (χ1) is 55.7. The van der Waals surface area contributed by atoms with Gasteiger partial charge in [-0.2, -0.15) is 215 Å². The molecule has 714 valence electrons. The van der Waals surface area contributed by atoms with Crippen molar-refractivity contribution in [3.63, 3.8) is 0 Å². The van der Waals surface area contributed by atoms with E-state index in [1.807, 2.05) is 0 Å². The Bertz CT molecular complexity index is 2220. The summed E-state index contributed by atoms with van der Waals surface area (Å²) < 4.78 is 0. The molecule has 0 nitrogen and oxygen atoms in total. The predicted octanol–water partition coefficient (Wildman–Crippen LogP) is 34.8. The second kappa shape index (κ2) is 68.0. The quantitative estimate of drug-likeness (QED) is 0.0467. The van der Waals surface area contributed by atoms with Gasteiger partial charge in [0.05, 0.1) is 0 Å². The van der Waals surface area contributed by atoms with Crippen LogP contribution in [0.3, 0.4) is 0 Å². The maximum absolute atomic E-state index is 4.75. The zero-order valence-electron chi connectivity index (χ0n) is 81.4. The van der Waals surface area contributed by atoms with E-state index in [-0.39, 0.29) is 0 Å². The van der Waals surface area contributed by atoms with Gasteiger partial charge in [0.25, 0.3) is 0 Å². The average molecular weight is 1980 g/mol. The van der Waals surface area contributed by atoms with Crippen LogP contribution in [0.1, 0.15) is 404 Å². The largest absolute Gasteiger partial charge is 0.176 e. The Kier molecular flexibility index (Phi) is 70.3. The highest BCUT2D eigenvalue weighted by molar-refractivity contribution is 7.87. The van der Waals surface area contributed by atoms with Gasteiger partial charge in [0.1, 0.15) is 0 Å². The van der Waals surface area contributed by atoms with E-state index in [1.165, 1.54) is 199 Å². The molecule has 31 atom stereocenters. The highest BCUT2D eigenvalue weighted by atomic mass is 32.1. The number of hydrogen-bond donors (Lipinski definition) is 17. The van der Waals surface area contributed by atoms with Crippen LogP contribution >= 0.6 is 215 Å². The number of hydrogen-bond acceptors (Lipinski definition) is 17. The van der Waals surface area contributed by atoms with E-state index in [4.69, 9.17) is 25.3 Å². The Balaban J connectivity index is 0.000000667. The van der Waals surface area contributed by atoms with E-state index in [0.29, 0.717) is 131 Å². The SMILES string of the molecule is CC(C)C(S)C(C)C.CC1C(S)CC(S)C(C)C1S.CC1CC(C)C(S)C(S)C1S.CC1CC(C)C(S)CC1S.CC1CCC(CC2CCC(C)C(S)C2)CC1S.CC1CCC(S)C(C)C1S.CC1CCCC(C)C1S.CCC(C)C(S)CCCCC(C)C(C)S.CCC1CCC(CC)C(S)C1.CCC1CCC(CC2CCC(CC)CC2)CC1. The van der Waals surface area contributed by atoms with E-state index >= 15 is 0 Å². The fourth-order valence-electron chi connectivity index (χ4n) is 20.7. The van der Waals surface area contributed by atoms with Crippen molar-refractivity contribution in [2.45, 2.75) is 493 Å². The van der Waals surface area contributed by atoms with E-state index in [1.54, 1.807) is 32.1 Å². The summed E-state index contributed by atoms with van der Waals surface area (Å²) in [5, 5.41) is 9.28. The van der Waals surface area contributed by atoms with Gasteiger partial charge in [-0.1, -0.05) is 288 Å². The summed E-state index contributed by atoms with van der Waals surface area (Å²) in [4.78, 5) is 0. The van der Waals surface area contributed by atoms with Crippen molar-refractivity contribution in [2.24, 2.45) is 142 Å². The Morgan fingerprint density at radius 1 is 0.252 bits per heavy atom. The number of rotatable bonds is 18. The van der Waals surface area contributed by atoms with Crippen LogP contribution in [0, 0.1) is 142 Å². The molecule has 0 radical (unpaired) electrons. The smallest absolute Gasteiger partial charge is 0.0255 e. The van der Waals surface area contributed by atoms with Gasteiger partial charge in [0, 0.05) is 89.2 Å². The van der Waals surface area contributed by atoms with Crippen molar-refractivity contribution in [2.75, 3.05) is 0 Å². The lowest BCUT2D eigenvalue weighted by atomic mass is 9.72. The van der Waals surface area contributed by atoms with Crippen molar-refractivity contribution < 1.29 is 0 Å². The van der Waals surface area contributed by atoms with Crippen LogP contribution in [-0.4, -0.2) is 89.2 Å². The highest BCUT2D eigenvalue weighted by Crippen LogP contribution is 2.46. The molecule has 0 aliphatic heterocycles. The van der Waals surface area contributed by atoms with Crippen molar-refractivity contribution >= 4 is 215 Å². The van der Waals surface area contributed by atoms with Gasteiger partial charge in [0.2, 0.25) is 0 Å². The molecule has 0 aromatic rings. The van der Waals surface area contributed by atoms with Crippen LogP contribution in [-0.2, 0) is 0 Å². The van der Waals surface area contributed by atoms with E-state index in [0.717, 1.165) is 107 Å². The molecule has 0 amide bonds. The van der Waals surface area contributed by atoms with Crippen LogP contribution in [0.2, 0.25) is 0 Å². The first-order valence-corrected chi connectivity index (χ1v) is 59.1. The number of unbranched alkanes of at least 4 members (excludes halogenated alkanes) is 1. The summed E-state index contributed by atoms with van der Waals surface area (Å²) in [6.07, 6.45) is 51.6. The van der Waals surface area contributed by atoms with E-state index in [9.17, 15) is 0 Å². The Labute approximate surface area is 840 Å². The molecule has 119 heavy (non-hydrogen) atoms. The molecule has 31 unspecified atom stereocenters. The molecule has 17 heteroatoms. The summed E-state index contributed by atoms with van der Waals surface area (Å²) in [5.74, 6) is 20.0. The molecule has 10 aliphatic rings. The zero-order chi connectivity index (χ0) is 90.8. The molecular formula is C102H204S17. The van der Waals surface area contributed by atoms with E-state index < -0.39 is 0 Å². The first-order valence-electron chi connectivity index (χ1n) is 50.3. The van der Waals surface area contributed by atoms with Crippen LogP contribution < -0.4 is 0 Å². The van der Waals surface area contributed by atoms with Gasteiger partial charge in [-0.25, -0.2) is 0 Å². The molecular weight excluding hydrogens is 1770 g/mol. The Morgan fingerprint density at radius 3 is 0.950 bits per heavy atom.